The molecule has 0 radical (unpaired) electrons. The zero-order chi connectivity index (χ0) is 17.2. The minimum absolute atomic E-state index is 0.623. The molecule has 1 aliphatic heterocycles. The highest BCUT2D eigenvalue weighted by atomic mass is 16.5. The summed E-state index contributed by atoms with van der Waals surface area (Å²) in [5, 5.41) is 17.6. The number of hydrogen-bond acceptors (Lipinski definition) is 4. The number of anilines is 1. The Bertz CT molecular complexity index is 951. The Morgan fingerprint density at radius 1 is 1.20 bits per heavy atom. The van der Waals surface area contributed by atoms with Crippen LogP contribution >= 0.6 is 0 Å². The second-order valence-electron chi connectivity index (χ2n) is 6.02. The molecule has 0 fully saturated rings. The fourth-order valence-corrected chi connectivity index (χ4v) is 3.25. The maximum absolute atomic E-state index is 9.40. The van der Waals surface area contributed by atoms with Gasteiger partial charge in [0.1, 0.15) is 17.6 Å². The molecule has 0 bridgehead atoms. The van der Waals surface area contributed by atoms with Crippen molar-refractivity contribution in [1.82, 2.24) is 9.78 Å². The topological polar surface area (TPSA) is 62.9 Å². The van der Waals surface area contributed by atoms with Gasteiger partial charge in [-0.25, -0.2) is 4.68 Å². The van der Waals surface area contributed by atoms with Crippen LogP contribution in [0.3, 0.4) is 0 Å². The predicted octanol–water partition coefficient (Wildman–Crippen LogP) is 3.31. The monoisotopic (exact) mass is 330 g/mol. The van der Waals surface area contributed by atoms with Gasteiger partial charge >= 0.3 is 0 Å². The maximum atomic E-state index is 9.40. The second kappa shape index (κ2) is 6.33. The SMILES string of the molecule is COc1ccc(Cc2nn(-c3ccccc3C#N)c3c2CCN3)cc1. The Kier molecular flexibility index (Phi) is 3.87. The molecule has 0 aliphatic carbocycles. The molecule has 4 rings (SSSR count). The molecular formula is C20H18N4O. The first-order chi connectivity index (χ1) is 12.3. The molecular weight excluding hydrogens is 312 g/mol. The van der Waals surface area contributed by atoms with Crippen LogP contribution in [0.2, 0.25) is 0 Å². The van der Waals surface area contributed by atoms with Crippen LogP contribution in [0.25, 0.3) is 5.69 Å². The Balaban J connectivity index is 1.74. The van der Waals surface area contributed by atoms with Crippen LogP contribution in [0.15, 0.2) is 48.5 Å². The summed E-state index contributed by atoms with van der Waals surface area (Å²) < 4.78 is 7.10. The van der Waals surface area contributed by atoms with E-state index in [4.69, 9.17) is 9.84 Å². The van der Waals surface area contributed by atoms with Crippen molar-refractivity contribution in [3.63, 3.8) is 0 Å². The number of nitrogens with one attached hydrogen (secondary N) is 1. The lowest BCUT2D eigenvalue weighted by atomic mass is 10.1. The fourth-order valence-electron chi connectivity index (χ4n) is 3.25. The molecule has 0 saturated heterocycles. The third kappa shape index (κ3) is 2.72. The molecule has 1 aromatic heterocycles. The number of rotatable bonds is 4. The number of hydrogen-bond donors (Lipinski definition) is 1. The number of aromatic nitrogens is 2. The Morgan fingerprint density at radius 2 is 2.00 bits per heavy atom. The molecule has 2 aromatic carbocycles. The lowest BCUT2D eigenvalue weighted by Gasteiger charge is -2.08. The summed E-state index contributed by atoms with van der Waals surface area (Å²) in [5.74, 6) is 1.86. The largest absolute Gasteiger partial charge is 0.497 e. The van der Waals surface area contributed by atoms with E-state index in [0.29, 0.717) is 5.56 Å². The number of nitrogens with zero attached hydrogens (tertiary/aromatic N) is 3. The molecule has 0 spiro atoms. The lowest BCUT2D eigenvalue weighted by molar-refractivity contribution is 0.414. The number of benzene rings is 2. The zero-order valence-electron chi connectivity index (χ0n) is 14.0. The first-order valence-electron chi connectivity index (χ1n) is 8.27. The average molecular weight is 330 g/mol. The Hall–Kier alpha value is -3.26. The van der Waals surface area contributed by atoms with E-state index >= 15 is 0 Å². The van der Waals surface area contributed by atoms with E-state index in [1.807, 2.05) is 41.1 Å². The quantitative estimate of drug-likeness (QED) is 0.797. The summed E-state index contributed by atoms with van der Waals surface area (Å²) in [4.78, 5) is 0. The van der Waals surface area contributed by atoms with E-state index in [2.05, 4.69) is 23.5 Å². The molecule has 25 heavy (non-hydrogen) atoms. The van der Waals surface area contributed by atoms with Gasteiger partial charge in [0.15, 0.2) is 0 Å². The standard InChI is InChI=1S/C20H18N4O/c1-25-16-8-6-14(7-9-16)12-18-17-10-11-22-20(17)24(23-18)19-5-3-2-4-15(19)13-21/h2-9,22H,10-12H2,1H3. The van der Waals surface area contributed by atoms with Crippen LogP contribution in [0.5, 0.6) is 5.75 Å². The maximum Gasteiger partial charge on any atom is 0.133 e. The van der Waals surface area contributed by atoms with Crippen molar-refractivity contribution in [3.8, 4) is 17.5 Å². The van der Waals surface area contributed by atoms with Crippen molar-refractivity contribution >= 4 is 5.82 Å². The van der Waals surface area contributed by atoms with Crippen LogP contribution in [0.1, 0.15) is 22.4 Å². The molecule has 0 saturated carbocycles. The van der Waals surface area contributed by atoms with Crippen molar-refractivity contribution in [1.29, 1.82) is 5.26 Å². The predicted molar refractivity (Wildman–Crippen MR) is 96.3 cm³/mol. The molecule has 0 amide bonds. The van der Waals surface area contributed by atoms with E-state index in [-0.39, 0.29) is 0 Å². The summed E-state index contributed by atoms with van der Waals surface area (Å²) in [5.41, 5.74) is 4.92. The fraction of sp³-hybridized carbons (Fsp3) is 0.200. The van der Waals surface area contributed by atoms with Crippen molar-refractivity contribution in [2.45, 2.75) is 12.8 Å². The van der Waals surface area contributed by atoms with E-state index in [1.54, 1.807) is 7.11 Å². The normalized spacial score (nSPS) is 12.3. The van der Waals surface area contributed by atoms with Gasteiger partial charge < -0.3 is 10.1 Å². The van der Waals surface area contributed by atoms with Crippen LogP contribution < -0.4 is 10.1 Å². The minimum atomic E-state index is 0.623. The van der Waals surface area contributed by atoms with Crippen molar-refractivity contribution in [2.75, 3.05) is 19.0 Å². The molecule has 5 nitrogen and oxygen atoms in total. The highest BCUT2D eigenvalue weighted by molar-refractivity contribution is 5.60. The summed E-state index contributed by atoms with van der Waals surface area (Å²) in [7, 11) is 1.67. The molecule has 0 atom stereocenters. The lowest BCUT2D eigenvalue weighted by Crippen LogP contribution is -2.06. The van der Waals surface area contributed by atoms with Gasteiger partial charge in [0.25, 0.3) is 0 Å². The molecule has 0 unspecified atom stereocenters. The van der Waals surface area contributed by atoms with Crippen LogP contribution in [-0.4, -0.2) is 23.4 Å². The van der Waals surface area contributed by atoms with Gasteiger partial charge in [-0.3, -0.25) is 0 Å². The molecule has 1 aliphatic rings. The van der Waals surface area contributed by atoms with Gasteiger partial charge in [-0.1, -0.05) is 24.3 Å². The summed E-state index contributed by atoms with van der Waals surface area (Å²) in [6.07, 6.45) is 1.71. The zero-order valence-corrected chi connectivity index (χ0v) is 14.0. The van der Waals surface area contributed by atoms with Gasteiger partial charge in [0.2, 0.25) is 0 Å². The summed E-state index contributed by atoms with van der Waals surface area (Å²) in [6.45, 7) is 0.900. The van der Waals surface area contributed by atoms with Crippen molar-refractivity contribution in [3.05, 3.63) is 70.9 Å². The highest BCUT2D eigenvalue weighted by Crippen LogP contribution is 2.31. The van der Waals surface area contributed by atoms with Crippen molar-refractivity contribution in [2.24, 2.45) is 0 Å². The first-order valence-corrected chi connectivity index (χ1v) is 8.27. The molecule has 5 heteroatoms. The number of para-hydroxylation sites is 1. The van der Waals surface area contributed by atoms with Gasteiger partial charge in [-0.2, -0.15) is 10.4 Å². The highest BCUT2D eigenvalue weighted by Gasteiger charge is 2.24. The average Bonchev–Trinajstić information content (AvgIpc) is 3.26. The van der Waals surface area contributed by atoms with Gasteiger partial charge in [0.05, 0.1) is 24.1 Å². The third-order valence-electron chi connectivity index (χ3n) is 4.52. The molecule has 2 heterocycles. The van der Waals surface area contributed by atoms with Gasteiger partial charge in [0, 0.05) is 18.5 Å². The summed E-state index contributed by atoms with van der Waals surface area (Å²) >= 11 is 0. The second-order valence-corrected chi connectivity index (χ2v) is 6.02. The summed E-state index contributed by atoms with van der Waals surface area (Å²) in [6, 6.07) is 17.9. The van der Waals surface area contributed by atoms with E-state index in [0.717, 1.165) is 42.3 Å². The minimum Gasteiger partial charge on any atom is -0.497 e. The molecule has 3 aromatic rings. The van der Waals surface area contributed by atoms with Crippen LogP contribution in [0, 0.1) is 11.3 Å². The Labute approximate surface area is 146 Å². The van der Waals surface area contributed by atoms with Gasteiger partial charge in [-0.15, -0.1) is 0 Å². The third-order valence-corrected chi connectivity index (χ3v) is 4.52. The van der Waals surface area contributed by atoms with E-state index in [9.17, 15) is 5.26 Å². The number of methoxy groups -OCH3 is 1. The first kappa shape index (κ1) is 15.3. The number of ether oxygens (including phenoxy) is 1. The van der Waals surface area contributed by atoms with E-state index in [1.165, 1.54) is 11.1 Å². The van der Waals surface area contributed by atoms with Crippen LogP contribution in [0.4, 0.5) is 5.82 Å². The van der Waals surface area contributed by atoms with Crippen LogP contribution in [-0.2, 0) is 12.8 Å². The van der Waals surface area contributed by atoms with Gasteiger partial charge in [-0.05, 0) is 36.2 Å². The molecule has 1 N–H and O–H groups in total. The molecule has 124 valence electrons. The Morgan fingerprint density at radius 3 is 2.76 bits per heavy atom. The number of fused-ring (bicyclic) bond motifs is 1. The van der Waals surface area contributed by atoms with Crippen molar-refractivity contribution < 1.29 is 4.74 Å². The number of nitriles is 1. The van der Waals surface area contributed by atoms with E-state index < -0.39 is 0 Å². The smallest absolute Gasteiger partial charge is 0.133 e.